The van der Waals surface area contributed by atoms with Crippen LogP contribution in [0.4, 0.5) is 9.59 Å². The van der Waals surface area contributed by atoms with Gasteiger partial charge in [0, 0.05) is 32.5 Å². The highest BCUT2D eigenvalue weighted by Gasteiger charge is 2.47. The summed E-state index contributed by atoms with van der Waals surface area (Å²) < 4.78 is 5.45. The van der Waals surface area contributed by atoms with Crippen molar-refractivity contribution < 1.29 is 19.4 Å². The summed E-state index contributed by atoms with van der Waals surface area (Å²) in [5, 5.41) is 8.87. The van der Waals surface area contributed by atoms with Crippen molar-refractivity contribution in [3.05, 3.63) is 0 Å². The van der Waals surface area contributed by atoms with Crippen molar-refractivity contribution in [3.63, 3.8) is 0 Å². The van der Waals surface area contributed by atoms with Crippen LogP contribution in [0.25, 0.3) is 0 Å². The van der Waals surface area contributed by atoms with Gasteiger partial charge in [0.25, 0.3) is 0 Å². The molecule has 0 radical (unpaired) electrons. The SMILES string of the molecule is CCCN1CC2(CCN(C(=O)O)CC2)OC1=O. The third kappa shape index (κ3) is 2.30. The second-order valence-corrected chi connectivity index (χ2v) is 4.74. The van der Waals surface area contributed by atoms with E-state index in [2.05, 4.69) is 0 Å². The lowest BCUT2D eigenvalue weighted by Gasteiger charge is -2.35. The number of amides is 2. The summed E-state index contributed by atoms with van der Waals surface area (Å²) in [5.41, 5.74) is -0.446. The monoisotopic (exact) mass is 242 g/mol. The molecule has 0 unspecified atom stereocenters. The molecule has 2 fully saturated rings. The van der Waals surface area contributed by atoms with Gasteiger partial charge in [-0.1, -0.05) is 6.92 Å². The van der Waals surface area contributed by atoms with Crippen molar-refractivity contribution >= 4 is 12.2 Å². The maximum atomic E-state index is 11.6. The number of likely N-dealkylation sites (tertiary alicyclic amines) is 1. The summed E-state index contributed by atoms with van der Waals surface area (Å²) in [6.07, 6.45) is 0.966. The number of carboxylic acid groups (broad SMARTS) is 1. The Morgan fingerprint density at radius 2 is 2.12 bits per heavy atom. The van der Waals surface area contributed by atoms with Gasteiger partial charge in [-0.25, -0.2) is 9.59 Å². The largest absolute Gasteiger partial charge is 0.465 e. The molecule has 0 saturated carbocycles. The lowest BCUT2D eigenvalue weighted by atomic mass is 9.91. The number of carbonyl (C=O) groups is 2. The molecule has 2 aliphatic heterocycles. The highest BCUT2D eigenvalue weighted by Crippen LogP contribution is 2.33. The van der Waals surface area contributed by atoms with Crippen LogP contribution in [0, 0.1) is 0 Å². The van der Waals surface area contributed by atoms with Crippen molar-refractivity contribution in [1.82, 2.24) is 9.80 Å². The summed E-state index contributed by atoms with van der Waals surface area (Å²) in [6.45, 7) is 4.23. The zero-order chi connectivity index (χ0) is 12.5. The van der Waals surface area contributed by atoms with Gasteiger partial charge in [-0.2, -0.15) is 0 Å². The Hall–Kier alpha value is -1.46. The van der Waals surface area contributed by atoms with Gasteiger partial charge < -0.3 is 19.6 Å². The number of carbonyl (C=O) groups excluding carboxylic acids is 1. The molecule has 6 heteroatoms. The molecule has 6 nitrogen and oxygen atoms in total. The average molecular weight is 242 g/mol. The minimum Gasteiger partial charge on any atom is -0.465 e. The summed E-state index contributed by atoms with van der Waals surface area (Å²) in [4.78, 5) is 25.5. The van der Waals surface area contributed by atoms with Gasteiger partial charge in [-0.15, -0.1) is 0 Å². The smallest absolute Gasteiger partial charge is 0.410 e. The standard InChI is InChI=1S/C11H18N2O4/c1-2-5-13-8-11(17-10(13)16)3-6-12(7-4-11)9(14)15/h2-8H2,1H3,(H,14,15). The van der Waals surface area contributed by atoms with E-state index in [0.717, 1.165) is 6.42 Å². The van der Waals surface area contributed by atoms with Crippen LogP contribution in [0.2, 0.25) is 0 Å². The predicted molar refractivity (Wildman–Crippen MR) is 59.9 cm³/mol. The Morgan fingerprint density at radius 3 is 2.65 bits per heavy atom. The second kappa shape index (κ2) is 4.43. The van der Waals surface area contributed by atoms with E-state index < -0.39 is 11.7 Å². The Morgan fingerprint density at radius 1 is 1.47 bits per heavy atom. The number of hydrogen-bond acceptors (Lipinski definition) is 3. The van der Waals surface area contributed by atoms with Gasteiger partial charge in [0.15, 0.2) is 0 Å². The zero-order valence-electron chi connectivity index (χ0n) is 10.0. The predicted octanol–water partition coefficient (Wildman–Crippen LogP) is 1.36. The first kappa shape index (κ1) is 12.0. The fourth-order valence-electron chi connectivity index (χ4n) is 2.50. The fraction of sp³-hybridized carbons (Fsp3) is 0.818. The number of nitrogens with zero attached hydrogens (tertiary/aromatic N) is 2. The average Bonchev–Trinajstić information content (AvgIpc) is 2.57. The van der Waals surface area contributed by atoms with E-state index in [0.29, 0.717) is 39.0 Å². The van der Waals surface area contributed by atoms with Gasteiger partial charge in [0.05, 0.1) is 6.54 Å². The van der Waals surface area contributed by atoms with Crippen LogP contribution in [0.15, 0.2) is 0 Å². The minimum atomic E-state index is -0.894. The topological polar surface area (TPSA) is 70.1 Å². The van der Waals surface area contributed by atoms with Crippen LogP contribution < -0.4 is 0 Å². The van der Waals surface area contributed by atoms with Crippen molar-refractivity contribution in [1.29, 1.82) is 0 Å². The van der Waals surface area contributed by atoms with E-state index in [1.807, 2.05) is 6.92 Å². The molecule has 2 heterocycles. The van der Waals surface area contributed by atoms with E-state index in [1.165, 1.54) is 4.90 Å². The van der Waals surface area contributed by atoms with Crippen LogP contribution >= 0.6 is 0 Å². The van der Waals surface area contributed by atoms with Crippen LogP contribution in [0.1, 0.15) is 26.2 Å². The molecule has 0 bridgehead atoms. The summed E-state index contributed by atoms with van der Waals surface area (Å²) >= 11 is 0. The van der Waals surface area contributed by atoms with Crippen molar-refractivity contribution in [2.75, 3.05) is 26.2 Å². The van der Waals surface area contributed by atoms with Gasteiger partial charge in [-0.3, -0.25) is 0 Å². The maximum absolute atomic E-state index is 11.6. The molecular formula is C11H18N2O4. The number of hydrogen-bond donors (Lipinski definition) is 1. The number of piperidine rings is 1. The van der Waals surface area contributed by atoms with Crippen LogP contribution in [-0.2, 0) is 4.74 Å². The normalized spacial score (nSPS) is 23.0. The first-order valence-electron chi connectivity index (χ1n) is 6.02. The zero-order valence-corrected chi connectivity index (χ0v) is 10.0. The summed E-state index contributed by atoms with van der Waals surface area (Å²) in [5.74, 6) is 0. The molecule has 96 valence electrons. The van der Waals surface area contributed by atoms with E-state index >= 15 is 0 Å². The second-order valence-electron chi connectivity index (χ2n) is 4.74. The van der Waals surface area contributed by atoms with Gasteiger partial charge in [-0.05, 0) is 6.42 Å². The molecule has 0 aliphatic carbocycles. The Balaban J connectivity index is 1.95. The molecule has 1 spiro atoms. The van der Waals surface area contributed by atoms with E-state index in [4.69, 9.17) is 9.84 Å². The minimum absolute atomic E-state index is 0.254. The Kier molecular flexibility index (Phi) is 3.13. The lowest BCUT2D eigenvalue weighted by molar-refractivity contribution is 0.00432. The lowest BCUT2D eigenvalue weighted by Crippen LogP contribution is -2.48. The maximum Gasteiger partial charge on any atom is 0.410 e. The highest BCUT2D eigenvalue weighted by atomic mass is 16.6. The molecule has 0 aromatic heterocycles. The third-order valence-corrected chi connectivity index (χ3v) is 3.48. The summed E-state index contributed by atoms with van der Waals surface area (Å²) in [6, 6.07) is 0. The van der Waals surface area contributed by atoms with Crippen LogP contribution in [0.5, 0.6) is 0 Å². The third-order valence-electron chi connectivity index (χ3n) is 3.48. The molecule has 2 saturated heterocycles. The van der Waals surface area contributed by atoms with Gasteiger partial charge in [0.2, 0.25) is 0 Å². The molecule has 0 atom stereocenters. The van der Waals surface area contributed by atoms with Gasteiger partial charge >= 0.3 is 12.2 Å². The molecule has 17 heavy (non-hydrogen) atoms. The first-order valence-corrected chi connectivity index (χ1v) is 6.02. The molecule has 0 aromatic carbocycles. The molecule has 2 aliphatic rings. The molecule has 1 N–H and O–H groups in total. The quantitative estimate of drug-likeness (QED) is 0.793. The van der Waals surface area contributed by atoms with E-state index in [1.54, 1.807) is 4.90 Å². The molecule has 2 rings (SSSR count). The highest BCUT2D eigenvalue weighted by molar-refractivity contribution is 5.71. The first-order chi connectivity index (χ1) is 8.06. The molecular weight excluding hydrogens is 224 g/mol. The Labute approximate surface area is 100 Å². The number of ether oxygens (including phenoxy) is 1. The van der Waals surface area contributed by atoms with E-state index in [9.17, 15) is 9.59 Å². The fourth-order valence-corrected chi connectivity index (χ4v) is 2.50. The van der Waals surface area contributed by atoms with Crippen molar-refractivity contribution in [3.8, 4) is 0 Å². The summed E-state index contributed by atoms with van der Waals surface area (Å²) in [7, 11) is 0. The van der Waals surface area contributed by atoms with Crippen molar-refractivity contribution in [2.24, 2.45) is 0 Å². The van der Waals surface area contributed by atoms with Crippen LogP contribution in [-0.4, -0.2) is 58.9 Å². The van der Waals surface area contributed by atoms with Crippen molar-refractivity contribution in [2.45, 2.75) is 31.8 Å². The van der Waals surface area contributed by atoms with Gasteiger partial charge in [0.1, 0.15) is 5.60 Å². The molecule has 2 amide bonds. The van der Waals surface area contributed by atoms with Crippen LogP contribution in [0.3, 0.4) is 0 Å². The Bertz CT molecular complexity index is 323. The van der Waals surface area contributed by atoms with E-state index in [-0.39, 0.29) is 6.09 Å². The number of rotatable bonds is 2. The molecule has 0 aromatic rings.